The van der Waals surface area contributed by atoms with Crippen molar-refractivity contribution in [2.75, 3.05) is 13.1 Å². The number of hydrogen-bond acceptors (Lipinski definition) is 4. The number of likely N-dealkylation sites (tertiary alicyclic amines) is 1. The summed E-state index contributed by atoms with van der Waals surface area (Å²) in [5, 5.41) is 10.2. The molecule has 0 aromatic carbocycles. The average molecular weight is 261 g/mol. The van der Waals surface area contributed by atoms with Gasteiger partial charge in [0.05, 0.1) is 11.2 Å². The van der Waals surface area contributed by atoms with Crippen LogP contribution in [-0.2, 0) is 0 Å². The van der Waals surface area contributed by atoms with Gasteiger partial charge in [0.15, 0.2) is 0 Å². The van der Waals surface area contributed by atoms with E-state index >= 15 is 0 Å². The highest BCUT2D eigenvalue weighted by Gasteiger charge is 2.49. The minimum absolute atomic E-state index is 0.0195. The van der Waals surface area contributed by atoms with E-state index < -0.39 is 5.60 Å². The van der Waals surface area contributed by atoms with Gasteiger partial charge in [0.25, 0.3) is 5.91 Å². The van der Waals surface area contributed by atoms with Crippen LogP contribution in [0.15, 0.2) is 12.4 Å². The van der Waals surface area contributed by atoms with E-state index in [-0.39, 0.29) is 11.8 Å². The Morgan fingerprint density at radius 3 is 2.74 bits per heavy atom. The number of amides is 1. The number of aryl methyl sites for hydroxylation is 1. The van der Waals surface area contributed by atoms with Crippen LogP contribution in [-0.4, -0.2) is 44.6 Å². The first-order valence-electron chi connectivity index (χ1n) is 6.89. The largest absolute Gasteiger partial charge is 0.390 e. The van der Waals surface area contributed by atoms with Crippen LogP contribution in [0, 0.1) is 12.8 Å². The van der Waals surface area contributed by atoms with Crippen molar-refractivity contribution in [2.24, 2.45) is 5.92 Å². The van der Waals surface area contributed by atoms with E-state index in [1.54, 1.807) is 19.3 Å². The van der Waals surface area contributed by atoms with E-state index in [1.165, 1.54) is 0 Å². The third kappa shape index (κ3) is 2.47. The molecule has 3 rings (SSSR count). The van der Waals surface area contributed by atoms with Crippen LogP contribution in [0.3, 0.4) is 0 Å². The monoisotopic (exact) mass is 261 g/mol. The zero-order valence-electron chi connectivity index (χ0n) is 11.2. The van der Waals surface area contributed by atoms with Gasteiger partial charge in [-0.15, -0.1) is 0 Å². The summed E-state index contributed by atoms with van der Waals surface area (Å²) < 4.78 is 0. The fourth-order valence-corrected chi connectivity index (χ4v) is 2.82. The molecule has 1 saturated heterocycles. The number of aromatic nitrogens is 2. The van der Waals surface area contributed by atoms with Crippen LogP contribution in [0.1, 0.15) is 41.9 Å². The van der Waals surface area contributed by atoms with Crippen molar-refractivity contribution in [1.82, 2.24) is 14.9 Å². The van der Waals surface area contributed by atoms with Gasteiger partial charge in [-0.3, -0.25) is 4.79 Å². The lowest BCUT2D eigenvalue weighted by Crippen LogP contribution is -2.44. The Kier molecular flexibility index (Phi) is 3.01. The third-order valence-corrected chi connectivity index (χ3v) is 4.26. The van der Waals surface area contributed by atoms with Gasteiger partial charge >= 0.3 is 0 Å². The molecule has 1 aromatic heterocycles. The summed E-state index contributed by atoms with van der Waals surface area (Å²) in [5.41, 5.74) is 0.0388. The number of nitrogens with zero attached hydrogens (tertiary/aromatic N) is 3. The Labute approximate surface area is 112 Å². The summed E-state index contributed by atoms with van der Waals surface area (Å²) in [6, 6.07) is 0. The molecule has 0 radical (unpaired) electrons. The molecule has 5 nitrogen and oxygen atoms in total. The zero-order chi connectivity index (χ0) is 13.5. The van der Waals surface area contributed by atoms with Gasteiger partial charge < -0.3 is 10.0 Å². The molecule has 1 N–H and O–H groups in total. The van der Waals surface area contributed by atoms with Crippen molar-refractivity contribution in [3.63, 3.8) is 0 Å². The van der Waals surface area contributed by atoms with Crippen LogP contribution in [0.5, 0.6) is 0 Å². The summed E-state index contributed by atoms with van der Waals surface area (Å²) in [4.78, 5) is 22.3. The highest BCUT2D eigenvalue weighted by molar-refractivity contribution is 5.93. The summed E-state index contributed by atoms with van der Waals surface area (Å²) in [6.07, 6.45) is 6.91. The van der Waals surface area contributed by atoms with Gasteiger partial charge in [0.1, 0.15) is 5.82 Å². The van der Waals surface area contributed by atoms with Gasteiger partial charge in [-0.05, 0) is 32.6 Å². The van der Waals surface area contributed by atoms with Gasteiger partial charge in [-0.1, -0.05) is 0 Å². The second-order valence-electron chi connectivity index (χ2n) is 5.71. The van der Waals surface area contributed by atoms with Crippen LogP contribution in [0.4, 0.5) is 0 Å². The maximum atomic E-state index is 12.4. The minimum atomic E-state index is -0.497. The molecule has 5 heteroatoms. The highest BCUT2D eigenvalue weighted by atomic mass is 16.3. The molecule has 2 fully saturated rings. The molecule has 1 saturated carbocycles. The lowest BCUT2D eigenvalue weighted by atomic mass is 9.90. The van der Waals surface area contributed by atoms with E-state index in [0.717, 1.165) is 32.2 Å². The fourth-order valence-electron chi connectivity index (χ4n) is 2.82. The molecule has 1 atom stereocenters. The smallest absolute Gasteiger partial charge is 0.257 e. The number of piperidine rings is 1. The van der Waals surface area contributed by atoms with Crippen LogP contribution >= 0.6 is 0 Å². The second kappa shape index (κ2) is 4.56. The first-order valence-corrected chi connectivity index (χ1v) is 6.89. The molecule has 102 valence electrons. The Hall–Kier alpha value is -1.49. The third-order valence-electron chi connectivity index (χ3n) is 4.26. The van der Waals surface area contributed by atoms with Crippen molar-refractivity contribution >= 4 is 5.91 Å². The molecular weight excluding hydrogens is 242 g/mol. The number of aliphatic hydroxyl groups is 1. The van der Waals surface area contributed by atoms with Crippen LogP contribution in [0.25, 0.3) is 0 Å². The van der Waals surface area contributed by atoms with Gasteiger partial charge in [0, 0.05) is 31.4 Å². The van der Waals surface area contributed by atoms with Crippen molar-refractivity contribution < 1.29 is 9.90 Å². The summed E-state index contributed by atoms with van der Waals surface area (Å²) in [5.74, 6) is 0.880. The Bertz CT molecular complexity index is 482. The van der Waals surface area contributed by atoms with Gasteiger partial charge in [-0.25, -0.2) is 9.97 Å². The number of rotatable bonds is 2. The first-order chi connectivity index (χ1) is 9.08. The van der Waals surface area contributed by atoms with E-state index in [0.29, 0.717) is 17.9 Å². The van der Waals surface area contributed by atoms with E-state index in [9.17, 15) is 9.90 Å². The van der Waals surface area contributed by atoms with E-state index in [1.807, 2.05) is 4.90 Å². The normalized spacial score (nSPS) is 25.2. The topological polar surface area (TPSA) is 66.3 Å². The van der Waals surface area contributed by atoms with Gasteiger partial charge in [-0.2, -0.15) is 0 Å². The molecule has 2 aliphatic rings. The molecule has 1 amide bonds. The molecule has 19 heavy (non-hydrogen) atoms. The lowest BCUT2D eigenvalue weighted by Gasteiger charge is -2.35. The number of carbonyl (C=O) groups is 1. The summed E-state index contributed by atoms with van der Waals surface area (Å²) in [6.45, 7) is 3.22. The molecule has 1 aliphatic carbocycles. The summed E-state index contributed by atoms with van der Waals surface area (Å²) in [7, 11) is 0. The summed E-state index contributed by atoms with van der Waals surface area (Å²) >= 11 is 0. The molecule has 0 spiro atoms. The standard InChI is InChI=1S/C14H19N3O2/c1-10-15-7-11(8-16-10)13(18)17-6-2-3-12(9-17)14(19)4-5-14/h7-8,12,19H,2-6,9H2,1H3. The maximum Gasteiger partial charge on any atom is 0.257 e. The Morgan fingerprint density at radius 1 is 1.42 bits per heavy atom. The maximum absolute atomic E-state index is 12.4. The number of carbonyl (C=O) groups excluding carboxylic acids is 1. The Morgan fingerprint density at radius 2 is 2.11 bits per heavy atom. The highest BCUT2D eigenvalue weighted by Crippen LogP contribution is 2.45. The molecule has 1 aliphatic heterocycles. The van der Waals surface area contributed by atoms with Crippen molar-refractivity contribution in [3.8, 4) is 0 Å². The fraction of sp³-hybridized carbons (Fsp3) is 0.643. The lowest BCUT2D eigenvalue weighted by molar-refractivity contribution is 0.0282. The quantitative estimate of drug-likeness (QED) is 0.867. The average Bonchev–Trinajstić information content (AvgIpc) is 3.18. The van der Waals surface area contributed by atoms with E-state index in [4.69, 9.17) is 0 Å². The SMILES string of the molecule is Cc1ncc(C(=O)N2CCCC(C3(O)CC3)C2)cn1. The minimum Gasteiger partial charge on any atom is -0.390 e. The first kappa shape index (κ1) is 12.5. The zero-order valence-corrected chi connectivity index (χ0v) is 11.2. The van der Waals surface area contributed by atoms with Crippen LogP contribution < -0.4 is 0 Å². The van der Waals surface area contributed by atoms with E-state index in [2.05, 4.69) is 9.97 Å². The van der Waals surface area contributed by atoms with Crippen LogP contribution in [0.2, 0.25) is 0 Å². The molecule has 0 bridgehead atoms. The van der Waals surface area contributed by atoms with Gasteiger partial charge in [0.2, 0.25) is 0 Å². The predicted octanol–water partition coefficient (Wildman–Crippen LogP) is 1.16. The molecule has 1 aromatic rings. The number of hydrogen-bond donors (Lipinski definition) is 1. The van der Waals surface area contributed by atoms with Crippen molar-refractivity contribution in [2.45, 2.75) is 38.2 Å². The Balaban J connectivity index is 1.71. The molecular formula is C14H19N3O2. The molecule has 1 unspecified atom stereocenters. The van der Waals surface area contributed by atoms with Crippen molar-refractivity contribution in [3.05, 3.63) is 23.8 Å². The second-order valence-corrected chi connectivity index (χ2v) is 5.71. The van der Waals surface area contributed by atoms with Crippen molar-refractivity contribution in [1.29, 1.82) is 0 Å². The molecule has 2 heterocycles. The predicted molar refractivity (Wildman–Crippen MR) is 69.6 cm³/mol.